The molecular weight excluding hydrogens is 245 g/mol. The molecule has 18 heavy (non-hydrogen) atoms. The molecule has 0 spiro atoms. The fraction of sp³-hybridized carbons (Fsp3) is 0.417. The summed E-state index contributed by atoms with van der Waals surface area (Å²) in [6.45, 7) is 0.164. The van der Waals surface area contributed by atoms with E-state index in [1.807, 2.05) is 6.07 Å². The predicted octanol–water partition coefficient (Wildman–Crippen LogP) is 2.63. The zero-order valence-electron chi connectivity index (χ0n) is 9.63. The second kappa shape index (κ2) is 6.87. The number of alkyl halides is 3. The summed E-state index contributed by atoms with van der Waals surface area (Å²) in [6.07, 6.45) is -4.98. The van der Waals surface area contributed by atoms with Crippen LogP contribution in [0.5, 0.6) is 5.75 Å². The molecule has 0 saturated carbocycles. The van der Waals surface area contributed by atoms with Gasteiger partial charge in [0.05, 0.1) is 6.42 Å². The lowest BCUT2D eigenvalue weighted by atomic mass is 10.2. The van der Waals surface area contributed by atoms with Crippen molar-refractivity contribution in [3.05, 3.63) is 29.8 Å². The molecular formula is C12H13F3N2O. The molecule has 0 bridgehead atoms. The van der Waals surface area contributed by atoms with Gasteiger partial charge in [-0.05, 0) is 17.7 Å². The second-order valence-corrected chi connectivity index (χ2v) is 3.64. The van der Waals surface area contributed by atoms with Gasteiger partial charge in [-0.25, -0.2) is 0 Å². The Hall–Kier alpha value is -1.74. The molecule has 0 amide bonds. The number of hydrogen-bond donors (Lipinski definition) is 1. The maximum Gasteiger partial charge on any atom is 0.390 e. The fourth-order valence-electron chi connectivity index (χ4n) is 1.32. The summed E-state index contributed by atoms with van der Waals surface area (Å²) in [5, 5.41) is 11.1. The first kappa shape index (κ1) is 14.3. The van der Waals surface area contributed by atoms with Crippen molar-refractivity contribution in [3.8, 4) is 11.8 Å². The fourth-order valence-corrected chi connectivity index (χ4v) is 1.32. The summed E-state index contributed by atoms with van der Waals surface area (Å²) in [6, 6.07) is 8.73. The highest BCUT2D eigenvalue weighted by Gasteiger charge is 2.25. The van der Waals surface area contributed by atoms with Gasteiger partial charge in [0, 0.05) is 13.1 Å². The molecule has 0 atom stereocenters. The van der Waals surface area contributed by atoms with E-state index in [2.05, 4.69) is 5.32 Å². The van der Waals surface area contributed by atoms with Gasteiger partial charge in [0.25, 0.3) is 0 Å². The lowest BCUT2D eigenvalue weighted by Crippen LogP contribution is -2.21. The van der Waals surface area contributed by atoms with Gasteiger partial charge >= 0.3 is 6.18 Å². The third-order valence-corrected chi connectivity index (χ3v) is 2.12. The topological polar surface area (TPSA) is 45.0 Å². The number of rotatable bonds is 6. The highest BCUT2D eigenvalue weighted by molar-refractivity contribution is 5.28. The number of nitriles is 1. The van der Waals surface area contributed by atoms with Gasteiger partial charge in [-0.15, -0.1) is 0 Å². The Kier molecular flexibility index (Phi) is 5.46. The Morgan fingerprint density at radius 1 is 1.33 bits per heavy atom. The lowest BCUT2D eigenvalue weighted by molar-refractivity contribution is -0.133. The Morgan fingerprint density at radius 2 is 2.11 bits per heavy atom. The van der Waals surface area contributed by atoms with E-state index in [9.17, 15) is 13.2 Å². The van der Waals surface area contributed by atoms with Crippen molar-refractivity contribution in [2.24, 2.45) is 0 Å². The van der Waals surface area contributed by atoms with Crippen molar-refractivity contribution < 1.29 is 17.9 Å². The van der Waals surface area contributed by atoms with Gasteiger partial charge < -0.3 is 10.1 Å². The summed E-state index contributed by atoms with van der Waals surface area (Å²) >= 11 is 0. The summed E-state index contributed by atoms with van der Waals surface area (Å²) in [7, 11) is 0. The summed E-state index contributed by atoms with van der Waals surface area (Å²) in [5.41, 5.74) is 0.813. The SMILES string of the molecule is N#CCOc1cccc(CNCCC(F)(F)F)c1. The summed E-state index contributed by atoms with van der Waals surface area (Å²) in [4.78, 5) is 0. The first-order chi connectivity index (χ1) is 8.51. The maximum absolute atomic E-state index is 11.9. The maximum atomic E-state index is 11.9. The van der Waals surface area contributed by atoms with Crippen molar-refractivity contribution in [3.63, 3.8) is 0 Å². The molecule has 98 valence electrons. The predicted molar refractivity (Wildman–Crippen MR) is 59.9 cm³/mol. The molecule has 1 aromatic rings. The van der Waals surface area contributed by atoms with Crippen LogP contribution in [0.4, 0.5) is 13.2 Å². The number of halogens is 3. The zero-order valence-corrected chi connectivity index (χ0v) is 9.63. The number of ether oxygens (including phenoxy) is 1. The van der Waals surface area contributed by atoms with E-state index >= 15 is 0 Å². The summed E-state index contributed by atoms with van der Waals surface area (Å²) < 4.78 is 40.8. The highest BCUT2D eigenvalue weighted by atomic mass is 19.4. The minimum Gasteiger partial charge on any atom is -0.479 e. The van der Waals surface area contributed by atoms with Crippen LogP contribution in [0.1, 0.15) is 12.0 Å². The van der Waals surface area contributed by atoms with E-state index in [-0.39, 0.29) is 13.2 Å². The van der Waals surface area contributed by atoms with Gasteiger partial charge in [-0.1, -0.05) is 12.1 Å². The van der Waals surface area contributed by atoms with E-state index in [4.69, 9.17) is 10.00 Å². The van der Waals surface area contributed by atoms with Gasteiger partial charge in [0.2, 0.25) is 0 Å². The number of nitrogens with one attached hydrogen (secondary N) is 1. The second-order valence-electron chi connectivity index (χ2n) is 3.64. The Labute approximate surface area is 103 Å². The van der Waals surface area contributed by atoms with E-state index in [1.165, 1.54) is 0 Å². The molecule has 0 aliphatic rings. The van der Waals surface area contributed by atoms with Crippen LogP contribution in [-0.2, 0) is 6.54 Å². The number of hydrogen-bond acceptors (Lipinski definition) is 3. The Balaban J connectivity index is 2.36. The van der Waals surface area contributed by atoms with E-state index in [0.29, 0.717) is 12.3 Å². The molecule has 0 fully saturated rings. The van der Waals surface area contributed by atoms with Crippen LogP contribution >= 0.6 is 0 Å². The minimum atomic E-state index is -4.13. The van der Waals surface area contributed by atoms with Crippen molar-refractivity contribution in [2.75, 3.05) is 13.2 Å². The van der Waals surface area contributed by atoms with Gasteiger partial charge in [-0.3, -0.25) is 0 Å². The third kappa shape index (κ3) is 6.11. The molecule has 0 heterocycles. The lowest BCUT2D eigenvalue weighted by Gasteiger charge is -2.08. The van der Waals surface area contributed by atoms with E-state index in [1.54, 1.807) is 24.3 Å². The van der Waals surface area contributed by atoms with Crippen LogP contribution in [0, 0.1) is 11.3 Å². The van der Waals surface area contributed by atoms with Gasteiger partial charge in [0.15, 0.2) is 6.61 Å². The summed E-state index contributed by atoms with van der Waals surface area (Å²) in [5.74, 6) is 0.534. The molecule has 6 heteroatoms. The average Bonchev–Trinajstić information content (AvgIpc) is 2.31. The van der Waals surface area contributed by atoms with Crippen molar-refractivity contribution >= 4 is 0 Å². The highest BCUT2D eigenvalue weighted by Crippen LogP contribution is 2.18. The first-order valence-electron chi connectivity index (χ1n) is 5.37. The largest absolute Gasteiger partial charge is 0.479 e. The first-order valence-corrected chi connectivity index (χ1v) is 5.37. The van der Waals surface area contributed by atoms with Crippen LogP contribution in [0.3, 0.4) is 0 Å². The standard InChI is InChI=1S/C12H13F3N2O/c13-12(14,15)4-6-17-9-10-2-1-3-11(8-10)18-7-5-16/h1-3,8,17H,4,6-7,9H2. The average molecular weight is 258 g/mol. The van der Waals surface area contributed by atoms with Crippen LogP contribution < -0.4 is 10.1 Å². The smallest absolute Gasteiger partial charge is 0.390 e. The van der Waals surface area contributed by atoms with Crippen LogP contribution in [-0.4, -0.2) is 19.3 Å². The van der Waals surface area contributed by atoms with Gasteiger partial charge in [0.1, 0.15) is 11.8 Å². The Bertz CT molecular complexity index is 413. The van der Waals surface area contributed by atoms with Crippen molar-refractivity contribution in [1.82, 2.24) is 5.32 Å². The third-order valence-electron chi connectivity index (χ3n) is 2.12. The number of benzene rings is 1. The minimum absolute atomic E-state index is 0.0506. The normalized spacial score (nSPS) is 11.0. The Morgan fingerprint density at radius 3 is 2.78 bits per heavy atom. The van der Waals surface area contributed by atoms with E-state index in [0.717, 1.165) is 5.56 Å². The van der Waals surface area contributed by atoms with Crippen LogP contribution in [0.15, 0.2) is 24.3 Å². The molecule has 0 saturated heterocycles. The quantitative estimate of drug-likeness (QED) is 0.798. The number of nitrogens with zero attached hydrogens (tertiary/aromatic N) is 1. The molecule has 1 rings (SSSR count). The zero-order chi connectivity index (χ0) is 13.4. The molecule has 1 N–H and O–H groups in total. The molecule has 3 nitrogen and oxygen atoms in total. The molecule has 0 aliphatic heterocycles. The molecule has 0 unspecified atom stereocenters. The monoisotopic (exact) mass is 258 g/mol. The van der Waals surface area contributed by atoms with E-state index < -0.39 is 12.6 Å². The van der Waals surface area contributed by atoms with Crippen LogP contribution in [0.2, 0.25) is 0 Å². The van der Waals surface area contributed by atoms with Crippen molar-refractivity contribution in [2.45, 2.75) is 19.1 Å². The van der Waals surface area contributed by atoms with Crippen LogP contribution in [0.25, 0.3) is 0 Å². The molecule has 0 radical (unpaired) electrons. The van der Waals surface area contributed by atoms with Crippen molar-refractivity contribution in [1.29, 1.82) is 5.26 Å². The molecule has 1 aromatic carbocycles. The molecule has 0 aliphatic carbocycles. The molecule has 0 aromatic heterocycles. The van der Waals surface area contributed by atoms with Gasteiger partial charge in [-0.2, -0.15) is 18.4 Å².